The van der Waals surface area contributed by atoms with Crippen molar-refractivity contribution in [2.24, 2.45) is 5.92 Å². The van der Waals surface area contributed by atoms with E-state index >= 15 is 0 Å². The fourth-order valence-electron chi connectivity index (χ4n) is 2.18. The zero-order valence-corrected chi connectivity index (χ0v) is 12.0. The van der Waals surface area contributed by atoms with Gasteiger partial charge in [0.2, 0.25) is 0 Å². The van der Waals surface area contributed by atoms with Crippen molar-refractivity contribution in [1.29, 1.82) is 0 Å². The van der Waals surface area contributed by atoms with Crippen LogP contribution in [0.15, 0.2) is 42.0 Å². The third-order valence-corrected chi connectivity index (χ3v) is 3.42. The minimum Gasteiger partial charge on any atom is -0.481 e. The number of nitrogens with one attached hydrogen (secondary N) is 1. The van der Waals surface area contributed by atoms with Gasteiger partial charge in [0.05, 0.1) is 17.0 Å². The molecule has 0 aromatic heterocycles. The van der Waals surface area contributed by atoms with Crippen LogP contribution >= 0.6 is 0 Å². The lowest BCUT2D eigenvalue weighted by Gasteiger charge is -2.13. The largest absolute Gasteiger partial charge is 0.481 e. The predicted octanol–water partition coefficient (Wildman–Crippen LogP) is 1.84. The minimum atomic E-state index is -1.39. The van der Waals surface area contributed by atoms with Crippen LogP contribution in [0.5, 0.6) is 0 Å². The molecule has 2 rings (SSSR count). The molecule has 1 aromatic rings. The van der Waals surface area contributed by atoms with Crippen LogP contribution in [0.3, 0.4) is 0 Å². The number of aliphatic carboxylic acids is 1. The Labute approximate surface area is 130 Å². The van der Waals surface area contributed by atoms with Crippen molar-refractivity contribution in [3.63, 3.8) is 0 Å². The summed E-state index contributed by atoms with van der Waals surface area (Å²) >= 11 is 0. The number of rotatable bonds is 5. The molecule has 0 spiro atoms. The Morgan fingerprint density at radius 1 is 1.26 bits per heavy atom. The van der Waals surface area contributed by atoms with Crippen LogP contribution in [-0.4, -0.2) is 34.6 Å². The number of hydrogen-bond donors (Lipinski definition) is 3. The van der Waals surface area contributed by atoms with E-state index in [1.165, 1.54) is 12.1 Å². The van der Waals surface area contributed by atoms with Gasteiger partial charge in [-0.05, 0) is 24.1 Å². The van der Waals surface area contributed by atoms with E-state index in [-0.39, 0.29) is 6.54 Å². The van der Waals surface area contributed by atoms with E-state index in [1.54, 1.807) is 12.2 Å². The van der Waals surface area contributed by atoms with Gasteiger partial charge in [-0.3, -0.25) is 9.59 Å². The number of carboxylic acids is 2. The van der Waals surface area contributed by atoms with Crippen molar-refractivity contribution >= 4 is 17.8 Å². The molecule has 1 amide bonds. The number of carboxylic acid groups (broad SMARTS) is 2. The summed E-state index contributed by atoms with van der Waals surface area (Å²) in [6.07, 6.45) is 5.05. The predicted molar refractivity (Wildman–Crippen MR) is 78.7 cm³/mol. The topological polar surface area (TPSA) is 104 Å². The monoisotopic (exact) mass is 319 g/mol. The van der Waals surface area contributed by atoms with Gasteiger partial charge in [0.25, 0.3) is 5.91 Å². The first-order valence-electron chi connectivity index (χ1n) is 6.80. The van der Waals surface area contributed by atoms with Gasteiger partial charge in [0, 0.05) is 6.54 Å². The first kappa shape index (κ1) is 16.4. The van der Waals surface area contributed by atoms with Crippen LogP contribution in [0, 0.1) is 11.7 Å². The Bertz CT molecular complexity index is 723. The van der Waals surface area contributed by atoms with Gasteiger partial charge in [-0.15, -0.1) is 0 Å². The van der Waals surface area contributed by atoms with E-state index in [0.717, 1.165) is 12.1 Å². The van der Waals surface area contributed by atoms with Crippen LogP contribution in [0.2, 0.25) is 0 Å². The maximum Gasteiger partial charge on any atom is 0.336 e. The number of amides is 1. The van der Waals surface area contributed by atoms with Crippen LogP contribution in [0.4, 0.5) is 4.39 Å². The van der Waals surface area contributed by atoms with E-state index in [1.807, 2.05) is 0 Å². The number of halogens is 1. The maximum atomic E-state index is 13.7. The summed E-state index contributed by atoms with van der Waals surface area (Å²) in [5, 5.41) is 20.3. The van der Waals surface area contributed by atoms with Crippen molar-refractivity contribution in [3.8, 4) is 0 Å². The molecule has 0 saturated carbocycles. The smallest absolute Gasteiger partial charge is 0.336 e. The van der Waals surface area contributed by atoms with E-state index < -0.39 is 40.7 Å². The summed E-state index contributed by atoms with van der Waals surface area (Å²) in [5.74, 6) is -4.68. The molecule has 0 bridgehead atoms. The Kier molecular flexibility index (Phi) is 4.90. The maximum absolute atomic E-state index is 13.7. The Hall–Kier alpha value is -2.96. The zero-order chi connectivity index (χ0) is 17.0. The molecule has 1 atom stereocenters. The van der Waals surface area contributed by atoms with E-state index in [9.17, 15) is 18.8 Å². The second kappa shape index (κ2) is 6.87. The van der Waals surface area contributed by atoms with Crippen molar-refractivity contribution < 1.29 is 29.0 Å². The van der Waals surface area contributed by atoms with Crippen LogP contribution in [0.25, 0.3) is 0 Å². The molecule has 7 heteroatoms. The van der Waals surface area contributed by atoms with E-state index in [4.69, 9.17) is 10.2 Å². The van der Waals surface area contributed by atoms with Crippen LogP contribution in [0.1, 0.15) is 27.1 Å². The highest BCUT2D eigenvalue weighted by atomic mass is 19.1. The lowest BCUT2D eigenvalue weighted by molar-refractivity contribution is -0.139. The molecule has 1 unspecified atom stereocenters. The summed E-state index contributed by atoms with van der Waals surface area (Å²) in [6, 6.07) is 3.38. The first-order chi connectivity index (χ1) is 10.9. The van der Waals surface area contributed by atoms with Gasteiger partial charge in [-0.2, -0.15) is 0 Å². The summed E-state index contributed by atoms with van der Waals surface area (Å²) in [6.45, 7) is 0.0507. The molecule has 3 N–H and O–H groups in total. The van der Waals surface area contributed by atoms with Gasteiger partial charge in [-0.25, -0.2) is 9.18 Å². The quantitative estimate of drug-likeness (QED) is 0.768. The Balaban J connectivity index is 2.06. The molecular formula is C16H14FNO5. The third-order valence-electron chi connectivity index (χ3n) is 3.42. The summed E-state index contributed by atoms with van der Waals surface area (Å²) in [7, 11) is 0. The molecule has 0 saturated heterocycles. The number of carbonyl (C=O) groups is 3. The normalized spacial score (nSPS) is 16.6. The van der Waals surface area contributed by atoms with E-state index in [0.29, 0.717) is 12.0 Å². The number of hydrogen-bond acceptors (Lipinski definition) is 3. The number of carbonyl (C=O) groups excluding carboxylic acids is 1. The highest BCUT2D eigenvalue weighted by molar-refractivity contribution is 6.05. The molecular weight excluding hydrogens is 305 g/mol. The van der Waals surface area contributed by atoms with Gasteiger partial charge in [0.1, 0.15) is 5.82 Å². The summed E-state index contributed by atoms with van der Waals surface area (Å²) in [5.41, 5.74) is -0.269. The molecule has 0 aliphatic heterocycles. The molecule has 1 aliphatic rings. The van der Waals surface area contributed by atoms with Crippen molar-refractivity contribution in [1.82, 2.24) is 5.32 Å². The highest BCUT2D eigenvalue weighted by Gasteiger charge is 2.21. The molecule has 0 radical (unpaired) electrons. The number of aromatic carboxylic acids is 1. The Morgan fingerprint density at radius 3 is 2.57 bits per heavy atom. The van der Waals surface area contributed by atoms with Gasteiger partial charge in [-0.1, -0.05) is 24.3 Å². The number of benzene rings is 1. The molecule has 1 aromatic carbocycles. The van der Waals surface area contributed by atoms with Crippen LogP contribution in [-0.2, 0) is 4.79 Å². The Morgan fingerprint density at radius 2 is 2.00 bits per heavy atom. The van der Waals surface area contributed by atoms with Crippen molar-refractivity contribution in [2.45, 2.75) is 6.42 Å². The van der Waals surface area contributed by atoms with Crippen molar-refractivity contribution in [3.05, 3.63) is 58.9 Å². The molecule has 0 heterocycles. The lowest BCUT2D eigenvalue weighted by Crippen LogP contribution is -2.28. The molecule has 6 nitrogen and oxygen atoms in total. The second-order valence-corrected chi connectivity index (χ2v) is 4.97. The standard InChI is InChI=1S/C16H14FNO5/c17-12-3-1-2-11(16(22)23)13(12)14(19)18-8-9-4-6-10(7-5-9)15(20)21/h1-6,10H,7-8H2,(H,18,19)(H,20,21)(H,22,23). The first-order valence-corrected chi connectivity index (χ1v) is 6.80. The van der Waals surface area contributed by atoms with E-state index in [2.05, 4.69) is 5.32 Å². The highest BCUT2D eigenvalue weighted by Crippen LogP contribution is 2.17. The van der Waals surface area contributed by atoms with Gasteiger partial charge < -0.3 is 15.5 Å². The number of allylic oxidation sites excluding steroid dienone is 1. The molecule has 0 fully saturated rings. The fourth-order valence-corrected chi connectivity index (χ4v) is 2.18. The second-order valence-electron chi connectivity index (χ2n) is 4.97. The molecule has 120 valence electrons. The van der Waals surface area contributed by atoms with Crippen molar-refractivity contribution in [2.75, 3.05) is 6.54 Å². The minimum absolute atomic E-state index is 0.0507. The average Bonchev–Trinajstić information content (AvgIpc) is 2.52. The third kappa shape index (κ3) is 3.82. The van der Waals surface area contributed by atoms with Gasteiger partial charge in [0.15, 0.2) is 0 Å². The molecule has 23 heavy (non-hydrogen) atoms. The average molecular weight is 319 g/mol. The van der Waals surface area contributed by atoms with Gasteiger partial charge >= 0.3 is 11.9 Å². The molecule has 1 aliphatic carbocycles. The lowest BCUT2D eigenvalue weighted by atomic mass is 9.97. The fraction of sp³-hybridized carbons (Fsp3) is 0.188. The summed E-state index contributed by atoms with van der Waals surface area (Å²) < 4.78 is 13.7. The zero-order valence-electron chi connectivity index (χ0n) is 12.0. The summed E-state index contributed by atoms with van der Waals surface area (Å²) in [4.78, 5) is 33.9. The SMILES string of the molecule is O=C(O)c1cccc(F)c1C(=O)NCC1=CCC(C(=O)O)C=C1. The van der Waals surface area contributed by atoms with Crippen LogP contribution < -0.4 is 5.32 Å².